The molecule has 0 aliphatic heterocycles. The zero-order chi connectivity index (χ0) is 22.7. The molecule has 1 unspecified atom stereocenters. The molecule has 0 aliphatic carbocycles. The Morgan fingerprint density at radius 2 is 1.47 bits per heavy atom. The summed E-state index contributed by atoms with van der Waals surface area (Å²) in [5.74, 6) is 0. The fraction of sp³-hybridized carbons (Fsp3) is 0.269. The lowest BCUT2D eigenvalue weighted by Crippen LogP contribution is -2.25. The second kappa shape index (κ2) is 8.91. The van der Waals surface area contributed by atoms with E-state index in [9.17, 15) is 9.59 Å². The third-order valence-corrected chi connectivity index (χ3v) is 8.74. The van der Waals surface area contributed by atoms with E-state index < -0.39 is 10.0 Å². The highest BCUT2D eigenvalue weighted by Gasteiger charge is 2.37. The van der Waals surface area contributed by atoms with E-state index in [1.807, 2.05) is 31.3 Å². The van der Waals surface area contributed by atoms with Crippen molar-refractivity contribution in [2.75, 3.05) is 11.9 Å². The van der Waals surface area contributed by atoms with Crippen LogP contribution < -0.4 is 4.90 Å². The van der Waals surface area contributed by atoms with Gasteiger partial charge in [0.1, 0.15) is 0 Å². The number of nitrogens with zero attached hydrogens (tertiary/aromatic N) is 1. The molecule has 30 heavy (non-hydrogen) atoms. The number of carbonyl (C=O) groups excluding carboxylic acids is 2. The van der Waals surface area contributed by atoms with Crippen molar-refractivity contribution >= 4 is 26.4 Å². The summed E-state index contributed by atoms with van der Waals surface area (Å²) < 4.78 is 0. The fourth-order valence-electron chi connectivity index (χ4n) is 3.27. The van der Waals surface area contributed by atoms with E-state index in [0.717, 1.165) is 16.8 Å². The summed E-state index contributed by atoms with van der Waals surface area (Å²) in [5, 5.41) is 0.236. The van der Waals surface area contributed by atoms with E-state index in [0.29, 0.717) is 15.6 Å². The van der Waals surface area contributed by atoms with Crippen LogP contribution in [0.25, 0.3) is 11.1 Å². The van der Waals surface area contributed by atoms with Crippen molar-refractivity contribution in [3.05, 3.63) is 82.9 Å². The van der Waals surface area contributed by atoms with E-state index in [1.165, 1.54) is 12.5 Å². The van der Waals surface area contributed by atoms with E-state index >= 15 is 0 Å². The van der Waals surface area contributed by atoms with Gasteiger partial charge in [0.25, 0.3) is 0 Å². The maximum atomic E-state index is 12.4. The van der Waals surface area contributed by atoms with Gasteiger partial charge in [0.05, 0.1) is 5.03 Å². The van der Waals surface area contributed by atoms with Crippen LogP contribution in [0.2, 0.25) is 0 Å². The van der Waals surface area contributed by atoms with Crippen molar-refractivity contribution in [2.24, 2.45) is 0 Å². The predicted molar refractivity (Wildman–Crippen MR) is 131 cm³/mol. The molecule has 0 saturated carbocycles. The quantitative estimate of drug-likeness (QED) is 0.381. The lowest BCUT2D eigenvalue weighted by Gasteiger charge is -2.38. The molecule has 0 spiro atoms. The predicted octanol–water partition coefficient (Wildman–Crippen LogP) is 6.79. The van der Waals surface area contributed by atoms with Gasteiger partial charge in [0, 0.05) is 24.6 Å². The third kappa shape index (κ3) is 4.35. The first kappa shape index (κ1) is 23.5. The zero-order valence-corrected chi connectivity index (χ0v) is 19.6. The lowest BCUT2D eigenvalue weighted by molar-refractivity contribution is -0.109. The number of carbonyl (C=O) groups is 2. The summed E-state index contributed by atoms with van der Waals surface area (Å²) in [5.41, 5.74) is 7.95. The Kier molecular flexibility index (Phi) is 6.97. The van der Waals surface area contributed by atoms with Gasteiger partial charge >= 0.3 is 0 Å². The highest BCUT2D eigenvalue weighted by Crippen LogP contribution is 2.60. The number of rotatable bonds is 6. The molecule has 0 amide bonds. The monoisotopic (exact) mass is 421 g/mol. The Morgan fingerprint density at radius 3 is 1.83 bits per heavy atom. The van der Waals surface area contributed by atoms with Crippen LogP contribution >= 0.6 is 10.0 Å². The molecule has 0 heterocycles. The molecule has 2 aromatic rings. The Hall–Kier alpha value is -2.81. The van der Waals surface area contributed by atoms with Crippen molar-refractivity contribution in [1.29, 1.82) is 0 Å². The molecule has 158 valence electrons. The Bertz CT molecular complexity index is 1010. The number of hydrogen-bond donors (Lipinski definition) is 0. The molecular formula is C26H31NO2S. The highest BCUT2D eigenvalue weighted by molar-refractivity contribution is 8.59. The van der Waals surface area contributed by atoms with Crippen LogP contribution in [-0.4, -0.2) is 17.8 Å². The first-order valence-corrected chi connectivity index (χ1v) is 11.5. The number of benzene rings is 2. The topological polar surface area (TPSA) is 37.4 Å². The van der Waals surface area contributed by atoms with Gasteiger partial charge in [-0.2, -0.15) is 0 Å². The van der Waals surface area contributed by atoms with Crippen molar-refractivity contribution < 1.29 is 9.59 Å². The largest absolute Gasteiger partial charge is 0.340 e. The highest BCUT2D eigenvalue weighted by atomic mass is 32.3. The van der Waals surface area contributed by atoms with Gasteiger partial charge in [-0.3, -0.25) is 9.59 Å². The molecule has 1 atom stereocenters. The zero-order valence-electron chi connectivity index (χ0n) is 18.8. The molecule has 0 fully saturated rings. The summed E-state index contributed by atoms with van der Waals surface area (Å²) in [6.45, 7) is 17.5. The number of hydrogen-bond acceptors (Lipinski definition) is 3. The first-order chi connectivity index (χ1) is 14.0. The Balaban J connectivity index is 2.35. The molecule has 4 heteroatoms. The average Bonchev–Trinajstić information content (AvgIpc) is 2.73. The molecule has 2 rings (SSSR count). The molecule has 3 nitrogen and oxygen atoms in total. The van der Waals surface area contributed by atoms with E-state index in [4.69, 9.17) is 0 Å². The van der Waals surface area contributed by atoms with Crippen molar-refractivity contribution in [2.45, 2.75) is 40.0 Å². The van der Waals surface area contributed by atoms with E-state index in [-0.39, 0.29) is 10.5 Å². The molecule has 0 N–H and O–H groups in total. The Labute approximate surface area is 182 Å². The maximum Gasteiger partial charge on any atom is 0.184 e. The van der Waals surface area contributed by atoms with Gasteiger partial charge in [0.15, 0.2) is 10.7 Å². The van der Waals surface area contributed by atoms with Gasteiger partial charge in [-0.15, -0.1) is 5.73 Å². The van der Waals surface area contributed by atoms with Crippen LogP contribution in [0.15, 0.2) is 77.4 Å². The van der Waals surface area contributed by atoms with Crippen LogP contribution in [-0.2, 0) is 15.0 Å². The standard InChI is InChI=1S/C26H31NO2S/c1-9-19(2)30(18-28,21(4)29)20(3)27(8)25-16-12-23(13-17-25)22-10-14-24(15-11-22)26(5,6)7/h10-18H,1,3H2,2,4-8H3. The van der Waals surface area contributed by atoms with Gasteiger partial charge in [-0.05, 0) is 41.2 Å². The summed E-state index contributed by atoms with van der Waals surface area (Å²) in [6.07, 6.45) is 0. The van der Waals surface area contributed by atoms with Crippen LogP contribution in [0.4, 0.5) is 5.69 Å². The molecule has 0 bridgehead atoms. The summed E-state index contributed by atoms with van der Waals surface area (Å²) >= 11 is 0. The maximum absolute atomic E-state index is 12.4. The van der Waals surface area contributed by atoms with E-state index in [2.05, 4.69) is 63.9 Å². The minimum Gasteiger partial charge on any atom is -0.340 e. The summed E-state index contributed by atoms with van der Waals surface area (Å²) in [6, 6.07) is 16.6. The lowest BCUT2D eigenvalue weighted by atomic mass is 9.86. The van der Waals surface area contributed by atoms with Gasteiger partial charge in [0.2, 0.25) is 0 Å². The van der Waals surface area contributed by atoms with Gasteiger partial charge < -0.3 is 4.90 Å². The first-order valence-electron chi connectivity index (χ1n) is 9.78. The second-order valence-electron chi connectivity index (χ2n) is 8.31. The molecule has 0 saturated heterocycles. The van der Waals surface area contributed by atoms with Crippen molar-refractivity contribution in [3.63, 3.8) is 0 Å². The Morgan fingerprint density at radius 1 is 1.00 bits per heavy atom. The summed E-state index contributed by atoms with van der Waals surface area (Å²) in [7, 11) is -0.712. The SMILES string of the molecule is C=C=C(C)S(C=O)(C(=C)N(C)c1ccc(-c2ccc(C(C)(C)C)cc2)cc1)C(C)=O. The molecule has 2 aromatic carbocycles. The molecule has 0 radical (unpaired) electrons. The van der Waals surface area contributed by atoms with Gasteiger partial charge in [-0.25, -0.2) is 0 Å². The number of allylic oxidation sites excluding steroid dienone is 1. The third-order valence-electron chi connectivity index (χ3n) is 5.41. The van der Waals surface area contributed by atoms with Crippen molar-refractivity contribution in [1.82, 2.24) is 0 Å². The summed E-state index contributed by atoms with van der Waals surface area (Å²) in [4.78, 5) is 26.8. The number of anilines is 1. The smallest absolute Gasteiger partial charge is 0.184 e. The van der Waals surface area contributed by atoms with Gasteiger partial charge in [-0.1, -0.05) is 80.4 Å². The van der Waals surface area contributed by atoms with Crippen LogP contribution in [0, 0.1) is 0 Å². The normalized spacial score (nSPS) is 14.1. The molecule has 0 aliphatic rings. The van der Waals surface area contributed by atoms with Crippen LogP contribution in [0.3, 0.4) is 0 Å². The minimum atomic E-state index is -2.53. The van der Waals surface area contributed by atoms with Crippen LogP contribution in [0.5, 0.6) is 0 Å². The van der Waals surface area contributed by atoms with Crippen molar-refractivity contribution in [3.8, 4) is 11.1 Å². The average molecular weight is 422 g/mol. The van der Waals surface area contributed by atoms with E-state index in [1.54, 1.807) is 11.8 Å². The fourth-order valence-corrected chi connectivity index (χ4v) is 5.54. The molecular weight excluding hydrogens is 390 g/mol. The second-order valence-corrected chi connectivity index (χ2v) is 11.5. The molecule has 0 aromatic heterocycles. The van der Waals surface area contributed by atoms with Crippen LogP contribution in [0.1, 0.15) is 40.2 Å². The minimum absolute atomic E-state index is 0.119.